The van der Waals surface area contributed by atoms with Crippen molar-refractivity contribution in [1.82, 2.24) is 0 Å². The van der Waals surface area contributed by atoms with Crippen LogP contribution in [0.3, 0.4) is 0 Å². The average Bonchev–Trinajstić information content (AvgIpc) is 0. The smallest absolute Gasteiger partial charge is 1.00 e. The second-order valence-corrected chi connectivity index (χ2v) is 0. The van der Waals surface area contributed by atoms with Gasteiger partial charge in [-0.25, -0.2) is 0 Å². The summed E-state index contributed by atoms with van der Waals surface area (Å²) in [6.45, 7) is 0. The standard InChI is InChI=1S/GeH4.La.Li.H2O.H/h1H4;;;1H2;/q;;+1;;-1. The zero-order valence-corrected chi connectivity index (χ0v) is 5.70. The summed E-state index contributed by atoms with van der Waals surface area (Å²) in [5.41, 5.74) is 0. The maximum absolute atomic E-state index is 0. The van der Waals surface area contributed by atoms with Crippen molar-refractivity contribution in [2.75, 3.05) is 0 Å². The molecule has 0 aliphatic heterocycles. The predicted molar refractivity (Wildman–Crippen MR) is 16.1 cm³/mol. The molecule has 1 nitrogen and oxygen atoms in total. The Hall–Kier alpha value is 2.30. The largest absolute Gasteiger partial charge is 1.00 e. The van der Waals surface area contributed by atoms with Gasteiger partial charge in [-0.15, -0.1) is 0 Å². The van der Waals surface area contributed by atoms with E-state index in [1.54, 1.807) is 0 Å². The minimum absolute atomic E-state index is 0. The van der Waals surface area contributed by atoms with Crippen LogP contribution in [0.15, 0.2) is 0 Å². The molecule has 0 heterocycles. The van der Waals surface area contributed by atoms with E-state index in [-0.39, 0.29) is 79.0 Å². The van der Waals surface area contributed by atoms with Gasteiger partial charge in [-0.3, -0.25) is 0 Å². The topological polar surface area (TPSA) is 31.5 Å². The molecule has 4 heavy (non-hydrogen) atoms. The SMILES string of the molecule is O.[GeH4].[H-].[La].[Li+]. The summed E-state index contributed by atoms with van der Waals surface area (Å²) in [7, 11) is 0. The monoisotopic (exact) mass is 243 g/mol. The first-order valence-electron chi connectivity index (χ1n) is 0. The van der Waals surface area contributed by atoms with Crippen molar-refractivity contribution >= 4 is 17.6 Å². The number of hydrogen-bond donors (Lipinski definition) is 0. The fourth-order valence-corrected chi connectivity index (χ4v) is 0. The van der Waals surface area contributed by atoms with E-state index in [0.29, 0.717) is 0 Å². The summed E-state index contributed by atoms with van der Waals surface area (Å²) in [5, 5.41) is 0. The normalized spacial score (nSPS) is 0. The maximum atomic E-state index is 0. The van der Waals surface area contributed by atoms with E-state index in [0.717, 1.165) is 0 Å². The van der Waals surface area contributed by atoms with Gasteiger partial charge >= 0.3 is 36.5 Å². The van der Waals surface area contributed by atoms with Crippen LogP contribution in [-0.4, -0.2) is 23.1 Å². The van der Waals surface area contributed by atoms with Gasteiger partial charge in [0.1, 0.15) is 0 Å². The van der Waals surface area contributed by atoms with Crippen molar-refractivity contribution < 1.29 is 61.4 Å². The third kappa shape index (κ3) is 8.85. The van der Waals surface area contributed by atoms with E-state index < -0.39 is 0 Å². The zero-order chi connectivity index (χ0) is 0. The zero-order valence-electron chi connectivity index (χ0n) is 3.08. The van der Waals surface area contributed by atoms with Crippen molar-refractivity contribution in [3.05, 3.63) is 0 Å². The van der Waals surface area contributed by atoms with Gasteiger partial charge in [-0.1, -0.05) is 0 Å². The third-order valence-electron chi connectivity index (χ3n) is 0. The third-order valence-corrected chi connectivity index (χ3v) is 0. The first kappa shape index (κ1) is 33.5. The minimum Gasteiger partial charge on any atom is -1.00 e. The fourth-order valence-electron chi connectivity index (χ4n) is 0. The van der Waals surface area contributed by atoms with E-state index in [9.17, 15) is 0 Å². The Morgan fingerprint density at radius 2 is 1.25 bits per heavy atom. The molecule has 0 aromatic heterocycles. The molecular formula is H7GeLaLiO. The van der Waals surface area contributed by atoms with Gasteiger partial charge < -0.3 is 6.90 Å². The second kappa shape index (κ2) is 18.5. The van der Waals surface area contributed by atoms with Crippen molar-refractivity contribution in [1.29, 1.82) is 0 Å². The van der Waals surface area contributed by atoms with Gasteiger partial charge in [-0.2, -0.15) is 0 Å². The summed E-state index contributed by atoms with van der Waals surface area (Å²) in [6.07, 6.45) is 0. The molecule has 0 bridgehead atoms. The van der Waals surface area contributed by atoms with Crippen LogP contribution in [0, 0.1) is 35.6 Å². The maximum Gasteiger partial charge on any atom is 1.00 e. The van der Waals surface area contributed by atoms with Crippen LogP contribution in [-0.2, 0) is 0 Å². The first-order chi connectivity index (χ1) is 0. The molecule has 0 spiro atoms. The summed E-state index contributed by atoms with van der Waals surface area (Å²) in [5.74, 6) is 0. The molecule has 0 saturated carbocycles. The predicted octanol–water partition coefficient (Wildman–Crippen LogP) is -5.16. The molecule has 2 N–H and O–H groups in total. The van der Waals surface area contributed by atoms with E-state index in [2.05, 4.69) is 0 Å². The second-order valence-electron chi connectivity index (χ2n) is 0. The van der Waals surface area contributed by atoms with Gasteiger partial charge in [0.2, 0.25) is 0 Å². The molecule has 1 radical (unpaired) electrons. The summed E-state index contributed by atoms with van der Waals surface area (Å²) in [6, 6.07) is 0. The molecule has 0 aliphatic rings. The Morgan fingerprint density at radius 3 is 1.25 bits per heavy atom. The van der Waals surface area contributed by atoms with Crippen LogP contribution in [0.5, 0.6) is 0 Å². The van der Waals surface area contributed by atoms with Crippen LogP contribution in [0.2, 0.25) is 0 Å². The molecule has 0 saturated heterocycles. The number of hydrogen-bond acceptors (Lipinski definition) is 0. The molecule has 0 aliphatic carbocycles. The van der Waals surface area contributed by atoms with Gasteiger partial charge in [-0.05, 0) is 0 Å². The molecule has 0 amide bonds. The summed E-state index contributed by atoms with van der Waals surface area (Å²) >= 11 is 0. The van der Waals surface area contributed by atoms with Crippen molar-refractivity contribution in [2.24, 2.45) is 0 Å². The van der Waals surface area contributed by atoms with E-state index in [4.69, 9.17) is 0 Å². The Bertz CT molecular complexity index is 11.6. The molecule has 0 rings (SSSR count). The van der Waals surface area contributed by atoms with E-state index in [1.807, 2.05) is 0 Å². The molecule has 0 atom stereocenters. The van der Waals surface area contributed by atoms with Gasteiger partial charge in [0, 0.05) is 35.6 Å². The van der Waals surface area contributed by atoms with Crippen molar-refractivity contribution in [3.63, 3.8) is 0 Å². The Morgan fingerprint density at radius 1 is 1.25 bits per heavy atom. The van der Waals surface area contributed by atoms with Crippen LogP contribution < -0.4 is 18.9 Å². The minimum atomic E-state index is 0. The Balaban J connectivity index is 0. The molecule has 4 heteroatoms. The summed E-state index contributed by atoms with van der Waals surface area (Å²) in [4.78, 5) is 0. The fraction of sp³-hybridized carbons (Fsp3) is 0. The number of rotatable bonds is 0. The molecular weight excluding hydrogens is 234 g/mol. The Kier molecular flexibility index (Phi) is 155. The van der Waals surface area contributed by atoms with Gasteiger partial charge in [0.05, 0.1) is 0 Å². The van der Waals surface area contributed by atoms with E-state index in [1.165, 1.54) is 0 Å². The molecule has 0 aromatic carbocycles. The van der Waals surface area contributed by atoms with Crippen LogP contribution in [0.25, 0.3) is 0 Å². The quantitative estimate of drug-likeness (QED) is 0.380. The Labute approximate surface area is 77.8 Å². The first-order valence-corrected chi connectivity index (χ1v) is 0. The van der Waals surface area contributed by atoms with Crippen LogP contribution in [0.4, 0.5) is 0 Å². The van der Waals surface area contributed by atoms with Crippen LogP contribution >= 0.6 is 0 Å². The molecule has 21 valence electrons. The van der Waals surface area contributed by atoms with Crippen molar-refractivity contribution in [2.45, 2.75) is 0 Å². The van der Waals surface area contributed by atoms with Crippen LogP contribution in [0.1, 0.15) is 1.43 Å². The summed E-state index contributed by atoms with van der Waals surface area (Å²) < 4.78 is 0. The molecule has 0 unspecified atom stereocenters. The van der Waals surface area contributed by atoms with Gasteiger partial charge in [0.15, 0.2) is 0 Å². The van der Waals surface area contributed by atoms with Gasteiger partial charge in [0.25, 0.3) is 0 Å². The van der Waals surface area contributed by atoms with E-state index >= 15 is 0 Å². The van der Waals surface area contributed by atoms with Crippen molar-refractivity contribution in [3.8, 4) is 0 Å². The molecule has 0 aromatic rings. The molecule has 0 fully saturated rings. The average molecular weight is 242 g/mol.